The Labute approximate surface area is 91.4 Å². The van der Waals surface area contributed by atoms with Crippen LogP contribution in [0.25, 0.3) is 0 Å². The van der Waals surface area contributed by atoms with Gasteiger partial charge < -0.3 is 4.74 Å². The Morgan fingerprint density at radius 3 is 2.60 bits per heavy atom. The number of carbonyl (C=O) groups is 1. The zero-order valence-corrected chi connectivity index (χ0v) is 9.88. The molecule has 1 heterocycles. The Kier molecular flexibility index (Phi) is 1.67. The molecule has 15 heavy (non-hydrogen) atoms. The van der Waals surface area contributed by atoms with Crippen molar-refractivity contribution in [1.82, 2.24) is 0 Å². The zero-order chi connectivity index (χ0) is 10.8. The fourth-order valence-corrected chi connectivity index (χ4v) is 4.67. The van der Waals surface area contributed by atoms with E-state index in [2.05, 4.69) is 20.8 Å². The fourth-order valence-electron chi connectivity index (χ4n) is 4.67. The van der Waals surface area contributed by atoms with Crippen LogP contribution < -0.4 is 0 Å². The van der Waals surface area contributed by atoms with Crippen LogP contribution in [-0.4, -0.2) is 12.6 Å². The first kappa shape index (κ1) is 9.68. The fraction of sp³-hybridized carbons (Fsp3) is 0.923. The van der Waals surface area contributed by atoms with Gasteiger partial charge in [0, 0.05) is 5.41 Å². The van der Waals surface area contributed by atoms with E-state index in [1.807, 2.05) is 0 Å². The van der Waals surface area contributed by atoms with Gasteiger partial charge in [0.1, 0.15) is 0 Å². The summed E-state index contributed by atoms with van der Waals surface area (Å²) in [6, 6.07) is 0. The van der Waals surface area contributed by atoms with Gasteiger partial charge in [0.2, 0.25) is 0 Å². The second-order valence-corrected chi connectivity index (χ2v) is 6.56. The van der Waals surface area contributed by atoms with Crippen LogP contribution in [0.15, 0.2) is 0 Å². The molecule has 3 fully saturated rings. The molecule has 2 bridgehead atoms. The number of ether oxygens (including phenoxy) is 1. The highest BCUT2D eigenvalue weighted by atomic mass is 16.5. The van der Waals surface area contributed by atoms with Gasteiger partial charge in [-0.1, -0.05) is 20.8 Å². The number of rotatable bonds is 0. The molecule has 0 aromatic rings. The summed E-state index contributed by atoms with van der Waals surface area (Å²) < 4.78 is 5.23. The molecular weight excluding hydrogens is 188 g/mol. The zero-order valence-electron chi connectivity index (χ0n) is 9.88. The van der Waals surface area contributed by atoms with Crippen molar-refractivity contribution in [1.29, 1.82) is 0 Å². The Morgan fingerprint density at radius 2 is 2.13 bits per heavy atom. The first-order chi connectivity index (χ1) is 6.96. The third kappa shape index (κ3) is 1.03. The van der Waals surface area contributed by atoms with Crippen LogP contribution in [0.2, 0.25) is 0 Å². The van der Waals surface area contributed by atoms with E-state index < -0.39 is 0 Å². The molecule has 2 aliphatic carbocycles. The Hall–Kier alpha value is -0.530. The molecule has 4 atom stereocenters. The minimum absolute atomic E-state index is 0.0333. The summed E-state index contributed by atoms with van der Waals surface area (Å²) in [7, 11) is 0. The van der Waals surface area contributed by atoms with Gasteiger partial charge in [0.15, 0.2) is 0 Å². The molecule has 2 heteroatoms. The molecule has 1 saturated heterocycles. The largest absolute Gasteiger partial charge is 0.465 e. The summed E-state index contributed by atoms with van der Waals surface area (Å²) in [4.78, 5) is 11.4. The number of hydrogen-bond acceptors (Lipinski definition) is 2. The maximum atomic E-state index is 11.4. The normalized spacial score (nSPS) is 51.4. The lowest BCUT2D eigenvalue weighted by Crippen LogP contribution is -2.42. The van der Waals surface area contributed by atoms with Crippen molar-refractivity contribution in [3.63, 3.8) is 0 Å². The van der Waals surface area contributed by atoms with Crippen LogP contribution in [0.1, 0.15) is 40.0 Å². The second kappa shape index (κ2) is 2.58. The van der Waals surface area contributed by atoms with Gasteiger partial charge in [-0.05, 0) is 36.0 Å². The predicted octanol–water partition coefficient (Wildman–Crippen LogP) is 2.62. The molecule has 1 aliphatic heterocycles. The highest BCUT2D eigenvalue weighted by Crippen LogP contribution is 2.68. The molecule has 3 aliphatic rings. The summed E-state index contributed by atoms with van der Waals surface area (Å²) in [5.74, 6) is 2.38. The summed E-state index contributed by atoms with van der Waals surface area (Å²) in [5.41, 5.74) is 0.620. The van der Waals surface area contributed by atoms with Crippen LogP contribution in [0.3, 0.4) is 0 Å². The van der Waals surface area contributed by atoms with Crippen molar-refractivity contribution in [2.24, 2.45) is 28.6 Å². The minimum atomic E-state index is 0.0333. The van der Waals surface area contributed by atoms with Gasteiger partial charge in [-0.25, -0.2) is 0 Å². The van der Waals surface area contributed by atoms with Gasteiger partial charge in [0.25, 0.3) is 0 Å². The maximum Gasteiger partial charge on any atom is 0.306 e. The second-order valence-electron chi connectivity index (χ2n) is 6.56. The molecule has 84 valence electrons. The molecule has 0 aromatic heterocycles. The molecule has 0 N–H and O–H groups in total. The molecule has 4 unspecified atom stereocenters. The topological polar surface area (TPSA) is 26.3 Å². The summed E-state index contributed by atoms with van der Waals surface area (Å²) in [5, 5.41) is 0. The van der Waals surface area contributed by atoms with Crippen molar-refractivity contribution in [3.05, 3.63) is 0 Å². The minimum Gasteiger partial charge on any atom is -0.465 e. The number of fused-ring (bicyclic) bond motifs is 3. The van der Waals surface area contributed by atoms with E-state index in [1.54, 1.807) is 0 Å². The predicted molar refractivity (Wildman–Crippen MR) is 57.2 cm³/mol. The number of esters is 1. The molecule has 3 rings (SSSR count). The van der Waals surface area contributed by atoms with E-state index in [9.17, 15) is 4.79 Å². The van der Waals surface area contributed by atoms with E-state index in [1.165, 1.54) is 12.8 Å². The van der Waals surface area contributed by atoms with Gasteiger partial charge >= 0.3 is 5.97 Å². The quantitative estimate of drug-likeness (QED) is 0.572. The first-order valence-corrected chi connectivity index (χ1v) is 6.11. The van der Waals surface area contributed by atoms with E-state index in [0.29, 0.717) is 24.4 Å². The van der Waals surface area contributed by atoms with Crippen LogP contribution in [-0.2, 0) is 9.53 Å². The average Bonchev–Trinajstić information content (AvgIpc) is 2.75. The SMILES string of the molecule is CC1C2CC(C3(COC(=O)C3)C2)C1(C)C. The molecule has 0 amide bonds. The summed E-state index contributed by atoms with van der Waals surface area (Å²) in [6.07, 6.45) is 3.24. The third-order valence-electron chi connectivity index (χ3n) is 5.74. The van der Waals surface area contributed by atoms with E-state index >= 15 is 0 Å². The van der Waals surface area contributed by atoms with Crippen LogP contribution in [0, 0.1) is 28.6 Å². The van der Waals surface area contributed by atoms with Gasteiger partial charge in [0.05, 0.1) is 13.0 Å². The summed E-state index contributed by atoms with van der Waals surface area (Å²) >= 11 is 0. The van der Waals surface area contributed by atoms with Gasteiger partial charge in [-0.3, -0.25) is 4.79 Å². The Morgan fingerprint density at radius 1 is 1.40 bits per heavy atom. The molecule has 2 nitrogen and oxygen atoms in total. The highest BCUT2D eigenvalue weighted by molar-refractivity contribution is 5.72. The van der Waals surface area contributed by atoms with Crippen molar-refractivity contribution in [3.8, 4) is 0 Å². The Bertz CT molecular complexity index is 320. The van der Waals surface area contributed by atoms with Crippen molar-refractivity contribution in [2.45, 2.75) is 40.0 Å². The maximum absolute atomic E-state index is 11.4. The van der Waals surface area contributed by atoms with E-state index in [-0.39, 0.29) is 11.4 Å². The van der Waals surface area contributed by atoms with Gasteiger partial charge in [-0.15, -0.1) is 0 Å². The highest BCUT2D eigenvalue weighted by Gasteiger charge is 2.64. The smallest absolute Gasteiger partial charge is 0.306 e. The van der Waals surface area contributed by atoms with Crippen molar-refractivity contribution in [2.75, 3.05) is 6.61 Å². The molecule has 0 aromatic carbocycles. The molecular formula is C13H20O2. The van der Waals surface area contributed by atoms with Crippen LogP contribution in [0.4, 0.5) is 0 Å². The van der Waals surface area contributed by atoms with Crippen LogP contribution in [0.5, 0.6) is 0 Å². The van der Waals surface area contributed by atoms with E-state index in [4.69, 9.17) is 4.74 Å². The Balaban J connectivity index is 1.95. The van der Waals surface area contributed by atoms with E-state index in [0.717, 1.165) is 11.8 Å². The molecule has 2 saturated carbocycles. The summed E-state index contributed by atoms with van der Waals surface area (Å²) in [6.45, 7) is 7.84. The third-order valence-corrected chi connectivity index (χ3v) is 5.74. The van der Waals surface area contributed by atoms with Crippen molar-refractivity contribution < 1.29 is 9.53 Å². The lowest BCUT2D eigenvalue weighted by Gasteiger charge is -2.45. The number of cyclic esters (lactones) is 1. The molecule has 0 radical (unpaired) electrons. The molecule has 1 spiro atoms. The average molecular weight is 208 g/mol. The lowest BCUT2D eigenvalue weighted by molar-refractivity contribution is -0.137. The van der Waals surface area contributed by atoms with Crippen LogP contribution >= 0.6 is 0 Å². The standard InChI is InChI=1S/C13H20O2/c1-8-9-4-10(12(8,2)3)13(5-9)6-11(14)15-7-13/h8-10H,4-7H2,1-3H3. The monoisotopic (exact) mass is 208 g/mol. The first-order valence-electron chi connectivity index (χ1n) is 6.11. The number of carbonyl (C=O) groups excluding carboxylic acids is 1. The number of hydrogen-bond donors (Lipinski definition) is 0. The van der Waals surface area contributed by atoms with Crippen molar-refractivity contribution >= 4 is 5.97 Å². The van der Waals surface area contributed by atoms with Gasteiger partial charge in [-0.2, -0.15) is 0 Å². The lowest BCUT2D eigenvalue weighted by atomic mass is 9.58.